The largest absolute Gasteiger partial charge is 0.338 e. The highest BCUT2D eigenvalue weighted by Gasteiger charge is 2.17. The van der Waals surface area contributed by atoms with Crippen LogP contribution < -0.4 is 5.32 Å². The second-order valence-corrected chi connectivity index (χ2v) is 9.96. The van der Waals surface area contributed by atoms with Crippen LogP contribution in [-0.2, 0) is 6.42 Å². The highest BCUT2D eigenvalue weighted by atomic mass is 19.1. The van der Waals surface area contributed by atoms with Gasteiger partial charge >= 0.3 is 0 Å². The molecule has 0 saturated carbocycles. The summed E-state index contributed by atoms with van der Waals surface area (Å²) in [6, 6.07) is 14.9. The summed E-state index contributed by atoms with van der Waals surface area (Å²) < 4.78 is 14.6. The Kier molecular flexibility index (Phi) is 5.66. The van der Waals surface area contributed by atoms with Crippen molar-refractivity contribution in [3.63, 3.8) is 0 Å². The molecular weight excluding hydrogens is 477 g/mol. The molecule has 1 saturated heterocycles. The molecular formula is C30H26FN7. The van der Waals surface area contributed by atoms with Gasteiger partial charge < -0.3 is 10.3 Å². The minimum atomic E-state index is -0.264. The van der Waals surface area contributed by atoms with Gasteiger partial charge in [-0.2, -0.15) is 5.10 Å². The maximum absolute atomic E-state index is 14.6. The van der Waals surface area contributed by atoms with Crippen molar-refractivity contribution in [3.05, 3.63) is 84.7 Å². The standard InChI is InChI=1S/C30H26FN7/c31-26-4-2-1-3-23(26)22-7-10-34-29-24(22)14-27(36-29)28-25-13-21(17-35-30(25)38-37-28)20-12-19(15-33-16-20)11-18-5-8-32-9-6-18/h1-4,7,10,12-18,32H,5-6,8-9,11H2,(H,34,36)(H,35,37,38). The summed E-state index contributed by atoms with van der Waals surface area (Å²) in [5, 5.41) is 12.7. The molecule has 1 aromatic carbocycles. The Labute approximate surface area is 218 Å². The molecule has 5 aromatic heterocycles. The lowest BCUT2D eigenvalue weighted by atomic mass is 9.91. The van der Waals surface area contributed by atoms with Gasteiger partial charge in [-0.3, -0.25) is 10.1 Å². The van der Waals surface area contributed by atoms with E-state index < -0.39 is 0 Å². The van der Waals surface area contributed by atoms with E-state index in [-0.39, 0.29) is 5.82 Å². The molecule has 6 aromatic rings. The Bertz CT molecular complexity index is 1760. The molecule has 38 heavy (non-hydrogen) atoms. The van der Waals surface area contributed by atoms with Crippen LogP contribution >= 0.6 is 0 Å². The van der Waals surface area contributed by atoms with E-state index in [1.165, 1.54) is 24.5 Å². The van der Waals surface area contributed by atoms with Crippen molar-refractivity contribution < 1.29 is 4.39 Å². The summed E-state index contributed by atoms with van der Waals surface area (Å²) >= 11 is 0. The highest BCUT2D eigenvalue weighted by molar-refractivity contribution is 5.99. The number of nitrogens with zero attached hydrogens (tertiary/aromatic N) is 4. The minimum absolute atomic E-state index is 0.264. The Hall–Kier alpha value is -4.43. The van der Waals surface area contributed by atoms with Crippen LogP contribution in [-0.4, -0.2) is 43.2 Å². The van der Waals surface area contributed by atoms with Gasteiger partial charge in [-0.1, -0.05) is 18.2 Å². The van der Waals surface area contributed by atoms with Gasteiger partial charge in [0.2, 0.25) is 0 Å². The molecule has 8 heteroatoms. The number of hydrogen-bond donors (Lipinski definition) is 3. The maximum atomic E-state index is 14.6. The SMILES string of the molecule is Fc1ccccc1-c1ccnc2[nH]c(-c3[nH]nc4ncc(-c5cncc(CC6CCNCC6)c5)cc34)cc12. The second-order valence-electron chi connectivity index (χ2n) is 9.96. The number of aromatic amines is 2. The monoisotopic (exact) mass is 503 g/mol. The van der Waals surface area contributed by atoms with Crippen molar-refractivity contribution in [1.82, 2.24) is 35.5 Å². The van der Waals surface area contributed by atoms with E-state index in [4.69, 9.17) is 0 Å². The quantitative estimate of drug-likeness (QED) is 0.272. The fourth-order valence-electron chi connectivity index (χ4n) is 5.52. The van der Waals surface area contributed by atoms with Gasteiger partial charge in [-0.15, -0.1) is 0 Å². The molecule has 1 fully saturated rings. The molecule has 7 rings (SSSR count). The first-order chi connectivity index (χ1) is 18.7. The summed E-state index contributed by atoms with van der Waals surface area (Å²) in [6.07, 6.45) is 10.9. The van der Waals surface area contributed by atoms with Crippen LogP contribution in [0.4, 0.5) is 4.39 Å². The number of H-pyrrole nitrogens is 2. The number of hydrogen-bond acceptors (Lipinski definition) is 5. The van der Waals surface area contributed by atoms with E-state index in [1.54, 1.807) is 18.3 Å². The van der Waals surface area contributed by atoms with Crippen LogP contribution in [0.15, 0.2) is 73.3 Å². The molecule has 188 valence electrons. The van der Waals surface area contributed by atoms with Crippen molar-refractivity contribution in [2.75, 3.05) is 13.1 Å². The van der Waals surface area contributed by atoms with E-state index >= 15 is 0 Å². The van der Waals surface area contributed by atoms with E-state index in [1.807, 2.05) is 36.8 Å². The third-order valence-electron chi connectivity index (χ3n) is 7.49. The Morgan fingerprint density at radius 2 is 1.74 bits per heavy atom. The molecule has 0 amide bonds. The minimum Gasteiger partial charge on any atom is -0.338 e. The normalized spacial score (nSPS) is 14.4. The molecule has 0 atom stereocenters. The average molecular weight is 504 g/mol. The lowest BCUT2D eigenvalue weighted by molar-refractivity contribution is 0.372. The maximum Gasteiger partial charge on any atom is 0.181 e. The summed E-state index contributed by atoms with van der Waals surface area (Å²) in [7, 11) is 0. The lowest BCUT2D eigenvalue weighted by Gasteiger charge is -2.22. The van der Waals surface area contributed by atoms with E-state index in [9.17, 15) is 4.39 Å². The van der Waals surface area contributed by atoms with Crippen LogP contribution in [0, 0.1) is 11.7 Å². The lowest BCUT2D eigenvalue weighted by Crippen LogP contribution is -2.28. The summed E-state index contributed by atoms with van der Waals surface area (Å²) in [6.45, 7) is 2.18. The first-order valence-corrected chi connectivity index (χ1v) is 12.9. The predicted octanol–water partition coefficient (Wildman–Crippen LogP) is 5.91. The number of fused-ring (bicyclic) bond motifs is 2. The molecule has 1 aliphatic rings. The van der Waals surface area contributed by atoms with Crippen molar-refractivity contribution >= 4 is 22.1 Å². The molecule has 7 nitrogen and oxygen atoms in total. The molecule has 3 N–H and O–H groups in total. The van der Waals surface area contributed by atoms with Crippen LogP contribution in [0.2, 0.25) is 0 Å². The van der Waals surface area contributed by atoms with E-state index in [2.05, 4.69) is 47.6 Å². The summed E-state index contributed by atoms with van der Waals surface area (Å²) in [5.74, 6) is 0.429. The zero-order valence-corrected chi connectivity index (χ0v) is 20.7. The van der Waals surface area contributed by atoms with Crippen molar-refractivity contribution in [2.24, 2.45) is 5.92 Å². The molecule has 0 radical (unpaired) electrons. The van der Waals surface area contributed by atoms with E-state index in [0.29, 0.717) is 22.8 Å². The van der Waals surface area contributed by atoms with Gasteiger partial charge in [0.25, 0.3) is 0 Å². The van der Waals surface area contributed by atoms with Gasteiger partial charge in [0.1, 0.15) is 11.5 Å². The smallest absolute Gasteiger partial charge is 0.181 e. The van der Waals surface area contributed by atoms with Gasteiger partial charge in [0.05, 0.1) is 11.4 Å². The molecule has 0 aliphatic carbocycles. The highest BCUT2D eigenvalue weighted by Crippen LogP contribution is 2.35. The Morgan fingerprint density at radius 3 is 2.63 bits per heavy atom. The van der Waals surface area contributed by atoms with Crippen LogP contribution in [0.3, 0.4) is 0 Å². The van der Waals surface area contributed by atoms with Gasteiger partial charge in [-0.05, 0) is 79.7 Å². The topological polar surface area (TPSA) is 95.2 Å². The third kappa shape index (κ3) is 4.13. The molecule has 0 bridgehead atoms. The second kappa shape index (κ2) is 9.46. The summed E-state index contributed by atoms with van der Waals surface area (Å²) in [4.78, 5) is 17.0. The van der Waals surface area contributed by atoms with Gasteiger partial charge in [-0.25, -0.2) is 14.4 Å². The van der Waals surface area contributed by atoms with Crippen molar-refractivity contribution in [3.8, 4) is 33.6 Å². The van der Waals surface area contributed by atoms with Crippen LogP contribution in [0.1, 0.15) is 18.4 Å². The fraction of sp³-hybridized carbons (Fsp3) is 0.200. The van der Waals surface area contributed by atoms with Crippen molar-refractivity contribution in [2.45, 2.75) is 19.3 Å². The first kappa shape index (κ1) is 22.7. The number of nitrogens with one attached hydrogen (secondary N) is 3. The number of aromatic nitrogens is 6. The van der Waals surface area contributed by atoms with Crippen LogP contribution in [0.25, 0.3) is 55.7 Å². The Balaban J connectivity index is 1.26. The zero-order valence-electron chi connectivity index (χ0n) is 20.7. The molecule has 0 unspecified atom stereocenters. The average Bonchev–Trinajstić information content (AvgIpc) is 3.58. The van der Waals surface area contributed by atoms with Gasteiger partial charge in [0, 0.05) is 52.3 Å². The first-order valence-electron chi connectivity index (χ1n) is 12.9. The predicted molar refractivity (Wildman–Crippen MR) is 147 cm³/mol. The van der Waals surface area contributed by atoms with E-state index in [0.717, 1.165) is 58.4 Å². The van der Waals surface area contributed by atoms with Crippen LogP contribution in [0.5, 0.6) is 0 Å². The Morgan fingerprint density at radius 1 is 0.868 bits per heavy atom. The number of rotatable bonds is 5. The molecule has 6 heterocycles. The molecule has 0 spiro atoms. The summed E-state index contributed by atoms with van der Waals surface area (Å²) in [5.41, 5.74) is 7.55. The number of halogens is 1. The van der Waals surface area contributed by atoms with Gasteiger partial charge in [0.15, 0.2) is 5.65 Å². The number of benzene rings is 1. The number of pyridine rings is 3. The van der Waals surface area contributed by atoms with Crippen molar-refractivity contribution in [1.29, 1.82) is 0 Å². The third-order valence-corrected chi connectivity index (χ3v) is 7.49. The molecule has 1 aliphatic heterocycles. The zero-order chi connectivity index (χ0) is 25.5. The fourth-order valence-corrected chi connectivity index (χ4v) is 5.52. The number of piperidine rings is 1.